The summed E-state index contributed by atoms with van der Waals surface area (Å²) in [6.07, 6.45) is 3.39. The highest BCUT2D eigenvalue weighted by molar-refractivity contribution is 7.99. The smallest absolute Gasteiger partial charge is 0.264 e. The lowest BCUT2D eigenvalue weighted by molar-refractivity contribution is -0.129. The van der Waals surface area contributed by atoms with Crippen molar-refractivity contribution in [1.29, 1.82) is 0 Å². The molecular weight excluding hydrogens is 502 g/mol. The molecule has 0 bridgehead atoms. The first-order valence-electron chi connectivity index (χ1n) is 11.5. The topological polar surface area (TPSA) is 151 Å². The molecule has 1 fully saturated rings. The van der Waals surface area contributed by atoms with Crippen LogP contribution in [0.5, 0.6) is 0 Å². The SMILES string of the molecule is CN1C(=O)C(C(=O)Nc2cccc(Sc3ncc(N4CCC(C)(N)CC4)nc3N)c2Cl)=C(O)C1(C)C. The van der Waals surface area contributed by atoms with Gasteiger partial charge in [-0.15, -0.1) is 0 Å². The molecule has 0 spiro atoms. The number of carbonyl (C=O) groups excluding carboxylic acids is 2. The van der Waals surface area contributed by atoms with Crippen molar-refractivity contribution in [2.75, 3.05) is 36.1 Å². The minimum atomic E-state index is -0.980. The van der Waals surface area contributed by atoms with Gasteiger partial charge in [-0.1, -0.05) is 29.4 Å². The lowest BCUT2D eigenvalue weighted by Crippen LogP contribution is -2.48. The van der Waals surface area contributed by atoms with Crippen LogP contribution in [0.2, 0.25) is 5.02 Å². The summed E-state index contributed by atoms with van der Waals surface area (Å²) in [6.45, 7) is 6.92. The van der Waals surface area contributed by atoms with Crippen molar-refractivity contribution in [2.24, 2.45) is 5.73 Å². The summed E-state index contributed by atoms with van der Waals surface area (Å²) < 4.78 is 0. The fourth-order valence-corrected chi connectivity index (χ4v) is 5.13. The Kier molecular flexibility index (Phi) is 6.84. The van der Waals surface area contributed by atoms with Crippen LogP contribution in [-0.4, -0.2) is 63.0 Å². The third kappa shape index (κ3) is 4.82. The molecule has 10 nitrogen and oxygen atoms in total. The Hall–Kier alpha value is -3.02. The molecule has 0 radical (unpaired) electrons. The van der Waals surface area contributed by atoms with Crippen LogP contribution < -0.4 is 21.7 Å². The average molecular weight is 532 g/mol. The zero-order valence-electron chi connectivity index (χ0n) is 20.6. The molecule has 2 aromatic rings. The number of amides is 2. The number of benzene rings is 1. The number of nitrogens with two attached hydrogens (primary N) is 2. The molecule has 0 saturated carbocycles. The zero-order chi connectivity index (χ0) is 26.4. The van der Waals surface area contributed by atoms with Gasteiger partial charge in [0.05, 0.1) is 22.4 Å². The monoisotopic (exact) mass is 531 g/mol. The van der Waals surface area contributed by atoms with E-state index < -0.39 is 17.4 Å². The third-order valence-electron chi connectivity index (χ3n) is 6.80. The van der Waals surface area contributed by atoms with E-state index in [4.69, 9.17) is 23.1 Å². The second-order valence-electron chi connectivity index (χ2n) is 9.88. The van der Waals surface area contributed by atoms with E-state index in [2.05, 4.69) is 27.1 Å². The number of rotatable bonds is 5. The van der Waals surface area contributed by atoms with Gasteiger partial charge in [-0.25, -0.2) is 9.97 Å². The summed E-state index contributed by atoms with van der Waals surface area (Å²) in [7, 11) is 1.53. The summed E-state index contributed by atoms with van der Waals surface area (Å²) in [6, 6.07) is 5.08. The van der Waals surface area contributed by atoms with Crippen LogP contribution in [0.25, 0.3) is 0 Å². The number of likely N-dealkylation sites (N-methyl/N-ethyl adjacent to an activating group) is 1. The highest BCUT2D eigenvalue weighted by Crippen LogP contribution is 2.39. The van der Waals surface area contributed by atoms with Crippen LogP contribution >= 0.6 is 23.4 Å². The van der Waals surface area contributed by atoms with Gasteiger partial charge in [0.2, 0.25) is 0 Å². The Balaban J connectivity index is 1.51. The summed E-state index contributed by atoms with van der Waals surface area (Å²) >= 11 is 7.79. The first kappa shape index (κ1) is 26.1. The lowest BCUT2D eigenvalue weighted by atomic mass is 9.91. The number of carbonyl (C=O) groups is 2. The van der Waals surface area contributed by atoms with Gasteiger partial charge in [0, 0.05) is 30.6 Å². The molecule has 0 atom stereocenters. The molecule has 12 heteroatoms. The maximum atomic E-state index is 12.9. The molecule has 0 aliphatic carbocycles. The van der Waals surface area contributed by atoms with E-state index in [0.717, 1.165) is 25.9 Å². The van der Waals surface area contributed by atoms with E-state index in [1.807, 2.05) is 0 Å². The highest BCUT2D eigenvalue weighted by Gasteiger charge is 2.46. The standard InChI is InChI=1S/C24H30ClN7O3S/c1-23(2)18(33)16(22(35)31(23)4)20(34)29-13-6-5-7-14(17(13)25)36-21-19(26)30-15(12-28-21)32-10-8-24(3,27)9-11-32/h5-7,12,33H,8-11,27H2,1-4H3,(H2,26,30)(H,29,34). The summed E-state index contributed by atoms with van der Waals surface area (Å²) in [4.78, 5) is 38.4. The molecule has 2 aliphatic heterocycles. The van der Waals surface area contributed by atoms with E-state index in [0.29, 0.717) is 15.7 Å². The number of hydrogen-bond donors (Lipinski definition) is 4. The molecular formula is C24H30ClN7O3S. The molecule has 2 amide bonds. The van der Waals surface area contributed by atoms with Crippen molar-refractivity contribution in [1.82, 2.24) is 14.9 Å². The quantitative estimate of drug-likeness (QED) is 0.426. The van der Waals surface area contributed by atoms with Gasteiger partial charge in [0.15, 0.2) is 5.82 Å². The van der Waals surface area contributed by atoms with E-state index in [1.54, 1.807) is 38.2 Å². The zero-order valence-corrected chi connectivity index (χ0v) is 22.2. The van der Waals surface area contributed by atoms with Crippen LogP contribution in [0.3, 0.4) is 0 Å². The first-order chi connectivity index (χ1) is 16.8. The van der Waals surface area contributed by atoms with E-state index in [1.165, 1.54) is 23.7 Å². The van der Waals surface area contributed by atoms with Gasteiger partial charge in [-0.2, -0.15) is 0 Å². The maximum Gasteiger partial charge on any atom is 0.264 e. The van der Waals surface area contributed by atoms with Crippen LogP contribution in [-0.2, 0) is 9.59 Å². The van der Waals surface area contributed by atoms with E-state index in [-0.39, 0.29) is 33.4 Å². The van der Waals surface area contributed by atoms with Crippen molar-refractivity contribution in [3.05, 3.63) is 40.8 Å². The number of nitrogens with zero attached hydrogens (tertiary/aromatic N) is 4. The molecule has 4 rings (SSSR count). The van der Waals surface area contributed by atoms with Gasteiger partial charge in [-0.05, 0) is 45.7 Å². The Morgan fingerprint density at radius 3 is 2.50 bits per heavy atom. The molecule has 0 unspecified atom stereocenters. The van der Waals surface area contributed by atoms with Crippen LogP contribution in [0.1, 0.15) is 33.6 Å². The average Bonchev–Trinajstić information content (AvgIpc) is 2.96. The lowest BCUT2D eigenvalue weighted by Gasteiger charge is -2.37. The van der Waals surface area contributed by atoms with Crippen LogP contribution in [0, 0.1) is 0 Å². The van der Waals surface area contributed by atoms with Crippen molar-refractivity contribution < 1.29 is 14.7 Å². The van der Waals surface area contributed by atoms with Gasteiger partial charge >= 0.3 is 0 Å². The van der Waals surface area contributed by atoms with Crippen LogP contribution in [0.15, 0.2) is 45.6 Å². The molecule has 6 N–H and O–H groups in total. The molecule has 1 saturated heterocycles. The van der Waals surface area contributed by atoms with Crippen molar-refractivity contribution >= 4 is 52.5 Å². The first-order valence-corrected chi connectivity index (χ1v) is 12.7. The Morgan fingerprint density at radius 1 is 1.25 bits per heavy atom. The molecule has 192 valence electrons. The fourth-order valence-electron chi connectivity index (χ4n) is 4.03. The molecule has 1 aromatic heterocycles. The Labute approximate surface area is 219 Å². The minimum absolute atomic E-state index is 0.172. The minimum Gasteiger partial charge on any atom is -0.509 e. The fraction of sp³-hybridized carbons (Fsp3) is 0.417. The number of anilines is 3. The van der Waals surface area contributed by atoms with Gasteiger partial charge in [-0.3, -0.25) is 9.59 Å². The molecule has 2 aliphatic rings. The number of aromatic nitrogens is 2. The Morgan fingerprint density at radius 2 is 1.92 bits per heavy atom. The molecule has 36 heavy (non-hydrogen) atoms. The normalized spacial score (nSPS) is 19.1. The van der Waals surface area contributed by atoms with E-state index >= 15 is 0 Å². The van der Waals surface area contributed by atoms with Gasteiger partial charge in [0.25, 0.3) is 11.8 Å². The van der Waals surface area contributed by atoms with Gasteiger partial charge in [0.1, 0.15) is 22.2 Å². The Bertz CT molecular complexity index is 1250. The van der Waals surface area contributed by atoms with Gasteiger partial charge < -0.3 is 31.7 Å². The largest absolute Gasteiger partial charge is 0.509 e. The second kappa shape index (κ2) is 9.45. The number of aliphatic hydroxyl groups excluding tert-OH is 1. The summed E-state index contributed by atoms with van der Waals surface area (Å²) in [5, 5.41) is 13.8. The maximum absolute atomic E-state index is 12.9. The summed E-state index contributed by atoms with van der Waals surface area (Å²) in [5.41, 5.74) is 11.3. The number of halogens is 1. The van der Waals surface area contributed by atoms with E-state index in [9.17, 15) is 14.7 Å². The molecule has 3 heterocycles. The number of nitrogens with one attached hydrogen (secondary N) is 1. The third-order valence-corrected chi connectivity index (χ3v) is 8.39. The predicted molar refractivity (Wildman–Crippen MR) is 141 cm³/mol. The summed E-state index contributed by atoms with van der Waals surface area (Å²) in [5.74, 6) is -0.632. The highest BCUT2D eigenvalue weighted by atomic mass is 35.5. The number of nitrogen functional groups attached to an aromatic ring is 1. The van der Waals surface area contributed by atoms with Crippen molar-refractivity contribution in [3.8, 4) is 0 Å². The van der Waals surface area contributed by atoms with Crippen LogP contribution in [0.4, 0.5) is 17.3 Å². The number of piperidine rings is 1. The second-order valence-corrected chi connectivity index (χ2v) is 11.3. The predicted octanol–water partition coefficient (Wildman–Crippen LogP) is 3.18. The van der Waals surface area contributed by atoms with Crippen molar-refractivity contribution in [2.45, 2.75) is 54.6 Å². The number of aliphatic hydroxyl groups is 1. The number of hydrogen-bond acceptors (Lipinski definition) is 9. The molecule has 1 aromatic carbocycles. The van der Waals surface area contributed by atoms with Crippen molar-refractivity contribution in [3.63, 3.8) is 0 Å².